The first kappa shape index (κ1) is 20.3. The molecular weight excluding hydrogens is 432 g/mol. The Morgan fingerprint density at radius 3 is 1.44 bits per heavy atom. The number of rotatable bonds is 3. The van der Waals surface area contributed by atoms with E-state index in [-0.39, 0.29) is 0 Å². The van der Waals surface area contributed by atoms with Crippen molar-refractivity contribution in [2.45, 2.75) is 0 Å². The molecule has 0 heterocycles. The summed E-state index contributed by atoms with van der Waals surface area (Å²) in [5.74, 6) is 0.559. The molecule has 0 spiro atoms. The molecule has 0 aromatic heterocycles. The van der Waals surface area contributed by atoms with Gasteiger partial charge in [-0.2, -0.15) is 4.58 Å². The van der Waals surface area contributed by atoms with E-state index in [2.05, 4.69) is 5.32 Å². The molecule has 0 aliphatic carbocycles. The summed E-state index contributed by atoms with van der Waals surface area (Å²) in [6.45, 7) is 0. The Balaban J connectivity index is 0.000000465. The van der Waals surface area contributed by atoms with Gasteiger partial charge in [0.15, 0.2) is 0 Å². The number of hydrogen-bond acceptors (Lipinski definition) is 4. The molecule has 7 nitrogen and oxygen atoms in total. The maximum atomic E-state index is 8.62. The average molecular weight is 450 g/mol. The summed E-state index contributed by atoms with van der Waals surface area (Å²) in [6, 6.07) is 30.0. The first-order chi connectivity index (χ1) is 12.8. The van der Waals surface area contributed by atoms with Gasteiger partial charge in [0.25, 0.3) is 0 Å². The van der Waals surface area contributed by atoms with Gasteiger partial charge < -0.3 is 0 Å². The molecule has 0 unspecified atom stereocenters. The molecular formula is C19H18N3O4Tc. The van der Waals surface area contributed by atoms with Crippen LogP contribution in [-0.4, -0.2) is 5.96 Å². The van der Waals surface area contributed by atoms with Crippen molar-refractivity contribution in [3.63, 3.8) is 0 Å². The van der Waals surface area contributed by atoms with E-state index in [1.807, 2.05) is 95.6 Å². The fraction of sp³-hybridized carbons (Fsp3) is 0. The molecule has 0 saturated heterocycles. The number of anilines is 1. The molecule has 0 saturated carbocycles. The molecule has 3 aromatic rings. The van der Waals surface area contributed by atoms with E-state index >= 15 is 0 Å². The number of para-hydroxylation sites is 3. The zero-order valence-corrected chi connectivity index (χ0v) is 16.1. The third-order valence-corrected chi connectivity index (χ3v) is 3.32. The number of nitrogens with two attached hydrogens (primary N) is 1. The van der Waals surface area contributed by atoms with Gasteiger partial charge in [0.1, 0.15) is 11.4 Å². The van der Waals surface area contributed by atoms with Crippen molar-refractivity contribution in [1.29, 1.82) is 0 Å². The fourth-order valence-electron chi connectivity index (χ4n) is 2.31. The van der Waals surface area contributed by atoms with Gasteiger partial charge in [-0.3, -0.25) is 5.73 Å². The van der Waals surface area contributed by atoms with E-state index in [1.165, 1.54) is 0 Å². The van der Waals surface area contributed by atoms with Crippen LogP contribution in [0.3, 0.4) is 0 Å². The van der Waals surface area contributed by atoms with Crippen molar-refractivity contribution < 1.29 is 29.9 Å². The van der Waals surface area contributed by atoms with Gasteiger partial charge in [-0.1, -0.05) is 54.6 Å². The minimum absolute atomic E-state index is 0.559. The molecule has 3 N–H and O–H groups in total. The molecule has 0 aliphatic heterocycles. The second-order valence-electron chi connectivity index (χ2n) is 5.26. The molecule has 8 heteroatoms. The third kappa shape index (κ3) is 7.37. The average Bonchev–Trinajstić information content (AvgIpc) is 2.63. The minimum atomic E-state index is -5.94. The zero-order valence-electron chi connectivity index (χ0n) is 14.2. The van der Waals surface area contributed by atoms with Gasteiger partial charge in [0.2, 0.25) is 0 Å². The predicted molar refractivity (Wildman–Crippen MR) is 95.7 cm³/mol. The number of benzene rings is 3. The summed E-state index contributed by atoms with van der Waals surface area (Å²) in [7, 11) is 0. The van der Waals surface area contributed by atoms with Gasteiger partial charge >= 0.3 is 35.9 Å². The fourth-order valence-corrected chi connectivity index (χ4v) is 2.31. The summed E-state index contributed by atoms with van der Waals surface area (Å²) in [5, 5.41) is 3.26. The summed E-state index contributed by atoms with van der Waals surface area (Å²) >= 11 is -5.94. The van der Waals surface area contributed by atoms with Crippen molar-refractivity contribution in [2.24, 2.45) is 5.73 Å². The van der Waals surface area contributed by atoms with Gasteiger partial charge in [-0.25, -0.2) is 5.32 Å². The van der Waals surface area contributed by atoms with Gasteiger partial charge in [0, 0.05) is 0 Å². The van der Waals surface area contributed by atoms with Crippen LogP contribution in [0.5, 0.6) is 0 Å². The Morgan fingerprint density at radius 1 is 0.741 bits per heavy atom. The summed E-state index contributed by atoms with van der Waals surface area (Å²) in [5.41, 5.74) is 9.32. The van der Waals surface area contributed by atoms with E-state index in [9.17, 15) is 0 Å². The molecule has 0 atom stereocenters. The van der Waals surface area contributed by atoms with Crippen LogP contribution in [0, 0.1) is 0 Å². The molecule has 3 rings (SSSR count). The van der Waals surface area contributed by atoms with Crippen molar-refractivity contribution in [1.82, 2.24) is 4.58 Å². The van der Waals surface area contributed by atoms with Crippen molar-refractivity contribution in [3.8, 4) is 0 Å². The molecule has 3 aromatic carbocycles. The van der Waals surface area contributed by atoms with Crippen molar-refractivity contribution in [3.05, 3.63) is 91.0 Å². The van der Waals surface area contributed by atoms with E-state index in [0.717, 1.165) is 17.1 Å². The van der Waals surface area contributed by atoms with Crippen LogP contribution in [0.15, 0.2) is 91.0 Å². The van der Waals surface area contributed by atoms with Crippen LogP contribution in [0.4, 0.5) is 17.1 Å². The van der Waals surface area contributed by atoms with E-state index in [1.54, 1.807) is 0 Å². The normalized spacial score (nSPS) is 10.3. The van der Waals surface area contributed by atoms with E-state index in [0.29, 0.717) is 5.96 Å². The topological polar surface area (TPSA) is 115 Å². The predicted octanol–water partition coefficient (Wildman–Crippen LogP) is 2.40. The molecule has 0 radical (unpaired) electrons. The van der Waals surface area contributed by atoms with Crippen molar-refractivity contribution >= 4 is 23.0 Å². The van der Waals surface area contributed by atoms with Gasteiger partial charge in [0.05, 0.1) is 5.69 Å². The Morgan fingerprint density at radius 2 is 1.07 bits per heavy atom. The van der Waals surface area contributed by atoms with Gasteiger partial charge in [-0.05, 0) is 36.4 Å². The summed E-state index contributed by atoms with van der Waals surface area (Å²) < 4.78 is 36.5. The molecule has 140 valence electrons. The second kappa shape index (κ2) is 9.59. The Kier molecular flexibility index (Phi) is 7.19. The Labute approximate surface area is 159 Å². The third-order valence-electron chi connectivity index (χ3n) is 3.32. The van der Waals surface area contributed by atoms with Crippen LogP contribution in [0.25, 0.3) is 0 Å². The monoisotopic (exact) mass is 449 g/mol. The van der Waals surface area contributed by atoms with Crippen LogP contribution < -0.4 is 19.5 Å². The van der Waals surface area contributed by atoms with Gasteiger partial charge in [-0.15, -0.1) is 0 Å². The molecule has 27 heavy (non-hydrogen) atoms. The number of guanidine groups is 1. The van der Waals surface area contributed by atoms with Crippen LogP contribution in [0.2, 0.25) is 0 Å². The van der Waals surface area contributed by atoms with Crippen LogP contribution in [0.1, 0.15) is 0 Å². The first-order valence-corrected chi connectivity index (χ1v) is 10.8. The number of nitrogens with zero attached hydrogens (tertiary/aromatic N) is 1. The van der Waals surface area contributed by atoms with Crippen molar-refractivity contribution in [2.75, 3.05) is 5.32 Å². The summed E-state index contributed by atoms with van der Waals surface area (Å²) in [4.78, 5) is 0. The second-order valence-corrected chi connectivity index (χ2v) is 7.12. The quantitative estimate of drug-likeness (QED) is 0.360. The molecule has 0 bridgehead atoms. The maximum absolute atomic E-state index is 8.62. The zero-order chi connectivity index (χ0) is 19.7. The standard InChI is InChI=1S/C19H17N3.4O.Tc/c20-19(21-16-10-4-1-5-11-16)22(17-12-6-2-7-13-17)18-14-8-3-9-15-18;;;;;/h1-15H,(H2,20,21);;;;;/q;;;;-1;/p+1. The molecule has 0 fully saturated rings. The number of nitrogens with one attached hydrogen (secondary N) is 1. The molecule has 0 aliphatic rings. The van der Waals surface area contributed by atoms with E-state index in [4.69, 9.17) is 20.1 Å². The van der Waals surface area contributed by atoms with Crippen LogP contribution >= 0.6 is 0 Å². The SMILES string of the molecule is NC(Nc1ccccc1)=[N+](c1ccccc1)c1ccccc1.[O]=[Tc](=[O])(=[O])[O-]. The number of hydrogen-bond donors (Lipinski definition) is 2. The first-order valence-electron chi connectivity index (χ1n) is 7.81. The molecule has 0 amide bonds. The summed E-state index contributed by atoms with van der Waals surface area (Å²) in [6.07, 6.45) is 0. The Bertz CT molecular complexity index is 993. The van der Waals surface area contributed by atoms with E-state index < -0.39 is 15.5 Å². The van der Waals surface area contributed by atoms with Crippen LogP contribution in [-0.2, 0) is 26.0 Å². The Hall–Kier alpha value is -3.06.